The highest BCUT2D eigenvalue weighted by molar-refractivity contribution is 5.42. The molecular weight excluding hydrogens is 224 g/mol. The number of hydrogen-bond acceptors (Lipinski definition) is 2. The van der Waals surface area contributed by atoms with Crippen LogP contribution in [0.2, 0.25) is 0 Å². The first-order valence-electron chi connectivity index (χ1n) is 7.02. The van der Waals surface area contributed by atoms with Crippen LogP contribution in [0.1, 0.15) is 55.7 Å². The smallest absolute Gasteiger partial charge is 0.116 e. The highest BCUT2D eigenvalue weighted by Gasteiger charge is 2.38. The third kappa shape index (κ3) is 2.69. The fraction of sp³-hybridized carbons (Fsp3) is 0.625. The summed E-state index contributed by atoms with van der Waals surface area (Å²) in [5, 5.41) is 9.62. The molecule has 1 fully saturated rings. The summed E-state index contributed by atoms with van der Waals surface area (Å²) >= 11 is 0. The molecule has 1 saturated heterocycles. The summed E-state index contributed by atoms with van der Waals surface area (Å²) in [6.07, 6.45) is 4.29. The molecule has 0 radical (unpaired) electrons. The molecule has 0 saturated carbocycles. The standard InChI is InChI=1S/C16H24O2/c1-5-12(9-15-14(6-2)18-15)16-10(3)7-13(17)8-11(16)4/h7-8,12,14-15,17H,5-6,9H2,1-4H3. The molecule has 3 unspecified atom stereocenters. The minimum atomic E-state index is 0.373. The predicted octanol–water partition coefficient (Wildman–Crippen LogP) is 4.07. The van der Waals surface area contributed by atoms with Gasteiger partial charge >= 0.3 is 0 Å². The zero-order valence-corrected chi connectivity index (χ0v) is 11.9. The quantitative estimate of drug-likeness (QED) is 0.797. The molecule has 3 atom stereocenters. The molecule has 2 rings (SSSR count). The van der Waals surface area contributed by atoms with Crippen molar-refractivity contribution in [3.05, 3.63) is 28.8 Å². The fourth-order valence-electron chi connectivity index (χ4n) is 3.11. The molecule has 0 amide bonds. The number of phenols is 1. The first-order chi connectivity index (χ1) is 8.56. The largest absolute Gasteiger partial charge is 0.508 e. The van der Waals surface area contributed by atoms with Gasteiger partial charge in [-0.25, -0.2) is 0 Å². The molecule has 1 aliphatic heterocycles. The maximum atomic E-state index is 9.62. The number of aryl methyl sites for hydroxylation is 2. The van der Waals surface area contributed by atoms with Crippen LogP contribution in [-0.4, -0.2) is 17.3 Å². The zero-order valence-electron chi connectivity index (χ0n) is 11.9. The van der Waals surface area contributed by atoms with Crippen LogP contribution in [0.5, 0.6) is 5.75 Å². The number of ether oxygens (including phenoxy) is 1. The van der Waals surface area contributed by atoms with Crippen LogP contribution in [-0.2, 0) is 4.74 Å². The molecule has 2 heteroatoms. The number of benzene rings is 1. The van der Waals surface area contributed by atoms with Crippen molar-refractivity contribution < 1.29 is 9.84 Å². The van der Waals surface area contributed by atoms with Crippen molar-refractivity contribution in [1.29, 1.82) is 0 Å². The molecule has 2 nitrogen and oxygen atoms in total. The summed E-state index contributed by atoms with van der Waals surface area (Å²) in [6, 6.07) is 3.74. The number of epoxide rings is 1. The van der Waals surface area contributed by atoms with Crippen LogP contribution in [0.4, 0.5) is 0 Å². The number of rotatable bonds is 5. The lowest BCUT2D eigenvalue weighted by Crippen LogP contribution is -2.07. The number of phenolic OH excluding ortho intramolecular Hbond substituents is 1. The van der Waals surface area contributed by atoms with Crippen LogP contribution < -0.4 is 0 Å². The van der Waals surface area contributed by atoms with Crippen molar-refractivity contribution in [3.63, 3.8) is 0 Å². The summed E-state index contributed by atoms with van der Waals surface area (Å²) in [4.78, 5) is 0. The molecule has 100 valence electrons. The first-order valence-corrected chi connectivity index (χ1v) is 7.02. The van der Waals surface area contributed by atoms with E-state index in [0.717, 1.165) is 19.3 Å². The van der Waals surface area contributed by atoms with Gasteiger partial charge in [-0.1, -0.05) is 13.8 Å². The number of aromatic hydroxyl groups is 1. The Morgan fingerprint density at radius 2 is 1.78 bits per heavy atom. The third-order valence-corrected chi connectivity index (χ3v) is 4.09. The zero-order chi connectivity index (χ0) is 13.3. The second-order valence-corrected chi connectivity index (χ2v) is 5.46. The fourth-order valence-corrected chi connectivity index (χ4v) is 3.11. The second kappa shape index (κ2) is 5.31. The third-order valence-electron chi connectivity index (χ3n) is 4.09. The maximum Gasteiger partial charge on any atom is 0.116 e. The molecule has 1 N–H and O–H groups in total. The summed E-state index contributed by atoms with van der Waals surface area (Å²) in [5.41, 5.74) is 3.81. The van der Waals surface area contributed by atoms with Crippen LogP contribution in [0.15, 0.2) is 12.1 Å². The van der Waals surface area contributed by atoms with E-state index in [0.29, 0.717) is 23.9 Å². The normalized spacial score (nSPS) is 24.0. The van der Waals surface area contributed by atoms with Gasteiger partial charge in [-0.3, -0.25) is 0 Å². The van der Waals surface area contributed by atoms with E-state index >= 15 is 0 Å². The van der Waals surface area contributed by atoms with Gasteiger partial charge in [0.25, 0.3) is 0 Å². The van der Waals surface area contributed by atoms with Crippen LogP contribution >= 0.6 is 0 Å². The van der Waals surface area contributed by atoms with Crippen molar-refractivity contribution in [2.24, 2.45) is 0 Å². The summed E-state index contributed by atoms with van der Waals surface area (Å²) < 4.78 is 5.67. The minimum Gasteiger partial charge on any atom is -0.508 e. The molecule has 0 aromatic heterocycles. The van der Waals surface area contributed by atoms with E-state index in [1.54, 1.807) is 0 Å². The molecule has 0 bridgehead atoms. The summed E-state index contributed by atoms with van der Waals surface area (Å²) in [7, 11) is 0. The van der Waals surface area contributed by atoms with Crippen molar-refractivity contribution in [3.8, 4) is 5.75 Å². The van der Waals surface area contributed by atoms with Gasteiger partial charge in [0.2, 0.25) is 0 Å². The Bertz CT molecular complexity index is 402. The molecular formula is C16H24O2. The Morgan fingerprint density at radius 3 is 2.22 bits per heavy atom. The van der Waals surface area contributed by atoms with Crippen molar-refractivity contribution in [2.45, 2.75) is 65.1 Å². The van der Waals surface area contributed by atoms with Gasteiger partial charge in [-0.15, -0.1) is 0 Å². The van der Waals surface area contributed by atoms with Crippen molar-refractivity contribution in [2.75, 3.05) is 0 Å². The average Bonchev–Trinajstić information content (AvgIpc) is 3.04. The van der Waals surface area contributed by atoms with Crippen LogP contribution in [0, 0.1) is 13.8 Å². The van der Waals surface area contributed by atoms with Gasteiger partial charge in [0.05, 0.1) is 12.2 Å². The van der Waals surface area contributed by atoms with Gasteiger partial charge < -0.3 is 9.84 Å². The van der Waals surface area contributed by atoms with Gasteiger partial charge in [-0.05, 0) is 67.9 Å². The molecule has 1 aliphatic rings. The lowest BCUT2D eigenvalue weighted by molar-refractivity contribution is 0.348. The molecule has 1 aromatic rings. The van der Waals surface area contributed by atoms with Crippen molar-refractivity contribution >= 4 is 0 Å². The molecule has 18 heavy (non-hydrogen) atoms. The summed E-state index contributed by atoms with van der Waals surface area (Å²) in [5.74, 6) is 0.921. The Labute approximate surface area is 110 Å². The van der Waals surface area contributed by atoms with Crippen LogP contribution in [0.3, 0.4) is 0 Å². The molecule has 1 heterocycles. The van der Waals surface area contributed by atoms with E-state index in [-0.39, 0.29) is 0 Å². The maximum absolute atomic E-state index is 9.62. The minimum absolute atomic E-state index is 0.373. The van der Waals surface area contributed by atoms with E-state index in [9.17, 15) is 5.11 Å². The Hall–Kier alpha value is -1.02. The lowest BCUT2D eigenvalue weighted by atomic mass is 9.85. The molecule has 1 aromatic carbocycles. The highest BCUT2D eigenvalue weighted by Crippen LogP contribution is 2.38. The second-order valence-electron chi connectivity index (χ2n) is 5.46. The Kier molecular flexibility index (Phi) is 3.96. The summed E-state index contributed by atoms with van der Waals surface area (Å²) in [6.45, 7) is 8.61. The average molecular weight is 248 g/mol. The van der Waals surface area contributed by atoms with Gasteiger partial charge in [0, 0.05) is 0 Å². The van der Waals surface area contributed by atoms with E-state index in [1.807, 2.05) is 12.1 Å². The highest BCUT2D eigenvalue weighted by atomic mass is 16.6. The van der Waals surface area contributed by atoms with Gasteiger partial charge in [0.1, 0.15) is 5.75 Å². The first kappa shape index (κ1) is 13.4. The van der Waals surface area contributed by atoms with E-state index in [1.165, 1.54) is 16.7 Å². The SMILES string of the molecule is CCC(CC1OC1CC)c1c(C)cc(O)cc1C. The molecule has 0 aliphatic carbocycles. The van der Waals surface area contributed by atoms with Gasteiger partial charge in [0.15, 0.2) is 0 Å². The van der Waals surface area contributed by atoms with E-state index in [2.05, 4.69) is 27.7 Å². The predicted molar refractivity (Wildman–Crippen MR) is 74.2 cm³/mol. The van der Waals surface area contributed by atoms with Crippen molar-refractivity contribution in [1.82, 2.24) is 0 Å². The van der Waals surface area contributed by atoms with E-state index in [4.69, 9.17) is 4.74 Å². The topological polar surface area (TPSA) is 32.8 Å². The lowest BCUT2D eigenvalue weighted by Gasteiger charge is -2.20. The van der Waals surface area contributed by atoms with E-state index < -0.39 is 0 Å². The molecule has 0 spiro atoms. The van der Waals surface area contributed by atoms with Crippen LogP contribution in [0.25, 0.3) is 0 Å². The Balaban J connectivity index is 2.17. The Morgan fingerprint density at radius 1 is 1.17 bits per heavy atom. The number of hydrogen-bond donors (Lipinski definition) is 1. The van der Waals surface area contributed by atoms with Gasteiger partial charge in [-0.2, -0.15) is 0 Å². The monoisotopic (exact) mass is 248 g/mol.